The third kappa shape index (κ3) is 2.90. The second-order valence-corrected chi connectivity index (χ2v) is 4.34. The molecular weight excluding hydrogens is 270 g/mol. The molecule has 0 unspecified atom stereocenters. The quantitative estimate of drug-likeness (QED) is 0.932. The molecule has 1 aromatic heterocycles. The molecule has 2 aromatic rings. The van der Waals surface area contributed by atoms with Gasteiger partial charge in [-0.3, -0.25) is 0 Å². The van der Waals surface area contributed by atoms with Crippen molar-refractivity contribution in [2.45, 2.75) is 19.4 Å². The van der Waals surface area contributed by atoms with Crippen molar-refractivity contribution in [1.82, 2.24) is 10.2 Å². The topological polar surface area (TPSA) is 64.9 Å². The van der Waals surface area contributed by atoms with Crippen LogP contribution in [0.15, 0.2) is 33.2 Å². The van der Waals surface area contributed by atoms with Crippen molar-refractivity contribution in [3.63, 3.8) is 0 Å². The predicted molar refractivity (Wildman–Crippen MR) is 63.7 cm³/mol. The Balaban J connectivity index is 1.94. The molecule has 16 heavy (non-hydrogen) atoms. The lowest BCUT2D eigenvalue weighted by molar-refractivity contribution is 0.450. The average Bonchev–Trinajstić information content (AvgIpc) is 2.76. The second kappa shape index (κ2) is 5.23. The zero-order valence-electron chi connectivity index (χ0n) is 8.69. The highest BCUT2D eigenvalue weighted by molar-refractivity contribution is 9.10. The van der Waals surface area contributed by atoms with E-state index in [1.165, 1.54) is 5.56 Å². The normalized spacial score (nSPS) is 10.6. The van der Waals surface area contributed by atoms with Gasteiger partial charge in [-0.2, -0.15) is 0 Å². The van der Waals surface area contributed by atoms with E-state index >= 15 is 0 Å². The van der Waals surface area contributed by atoms with Gasteiger partial charge in [0.2, 0.25) is 11.8 Å². The Kier molecular flexibility index (Phi) is 3.69. The van der Waals surface area contributed by atoms with Crippen LogP contribution in [0.4, 0.5) is 0 Å². The molecule has 0 atom stereocenters. The lowest BCUT2D eigenvalue weighted by atomic mass is 10.1. The summed E-state index contributed by atoms with van der Waals surface area (Å²) in [5.41, 5.74) is 6.63. The van der Waals surface area contributed by atoms with E-state index in [0.29, 0.717) is 18.3 Å². The maximum Gasteiger partial charge on any atom is 0.230 e. The minimum atomic E-state index is 0.297. The van der Waals surface area contributed by atoms with Crippen LogP contribution in [-0.2, 0) is 19.4 Å². The van der Waals surface area contributed by atoms with Crippen molar-refractivity contribution in [3.8, 4) is 0 Å². The van der Waals surface area contributed by atoms with Crippen molar-refractivity contribution in [1.29, 1.82) is 0 Å². The van der Waals surface area contributed by atoms with Crippen LogP contribution in [-0.4, -0.2) is 10.2 Å². The summed E-state index contributed by atoms with van der Waals surface area (Å²) in [6.07, 6.45) is 1.63. The molecule has 0 aliphatic heterocycles. The summed E-state index contributed by atoms with van der Waals surface area (Å²) < 4.78 is 6.40. The molecule has 84 valence electrons. The van der Waals surface area contributed by atoms with E-state index in [1.807, 2.05) is 12.1 Å². The van der Waals surface area contributed by atoms with E-state index in [4.69, 9.17) is 10.2 Å². The number of hydrogen-bond acceptors (Lipinski definition) is 4. The highest BCUT2D eigenvalue weighted by atomic mass is 79.9. The van der Waals surface area contributed by atoms with Crippen LogP contribution in [0.5, 0.6) is 0 Å². The van der Waals surface area contributed by atoms with Crippen LogP contribution in [0.25, 0.3) is 0 Å². The molecular formula is C11H12BrN3O. The molecule has 0 radical (unpaired) electrons. The number of nitrogens with two attached hydrogens (primary N) is 1. The molecule has 0 bridgehead atoms. The zero-order chi connectivity index (χ0) is 11.4. The molecule has 0 amide bonds. The monoisotopic (exact) mass is 281 g/mol. The summed E-state index contributed by atoms with van der Waals surface area (Å²) in [7, 11) is 0. The highest BCUT2D eigenvalue weighted by Gasteiger charge is 2.04. The average molecular weight is 282 g/mol. The summed E-state index contributed by atoms with van der Waals surface area (Å²) in [5.74, 6) is 1.13. The van der Waals surface area contributed by atoms with Gasteiger partial charge in [0.15, 0.2) is 0 Å². The summed E-state index contributed by atoms with van der Waals surface area (Å²) in [6.45, 7) is 0.297. The number of aryl methyl sites for hydroxylation is 2. The van der Waals surface area contributed by atoms with Crippen LogP contribution in [0.1, 0.15) is 17.3 Å². The third-order valence-corrected chi connectivity index (χ3v) is 2.75. The van der Waals surface area contributed by atoms with E-state index in [0.717, 1.165) is 17.3 Å². The Hall–Kier alpha value is -1.20. The van der Waals surface area contributed by atoms with E-state index < -0.39 is 0 Å². The number of halogens is 1. The minimum absolute atomic E-state index is 0.297. The van der Waals surface area contributed by atoms with E-state index in [-0.39, 0.29) is 0 Å². The highest BCUT2D eigenvalue weighted by Crippen LogP contribution is 2.12. The van der Waals surface area contributed by atoms with Gasteiger partial charge >= 0.3 is 0 Å². The van der Waals surface area contributed by atoms with Gasteiger partial charge in [-0.15, -0.1) is 10.2 Å². The molecule has 2 N–H and O–H groups in total. The van der Waals surface area contributed by atoms with Gasteiger partial charge in [0, 0.05) is 10.9 Å². The number of rotatable bonds is 4. The van der Waals surface area contributed by atoms with Gasteiger partial charge in [-0.25, -0.2) is 0 Å². The first-order valence-corrected chi connectivity index (χ1v) is 5.83. The molecule has 0 saturated carbocycles. The first-order chi connectivity index (χ1) is 7.78. The molecule has 4 nitrogen and oxygen atoms in total. The first-order valence-electron chi connectivity index (χ1n) is 5.03. The van der Waals surface area contributed by atoms with Crippen molar-refractivity contribution < 1.29 is 4.42 Å². The van der Waals surface area contributed by atoms with Crippen molar-refractivity contribution >= 4 is 15.9 Å². The van der Waals surface area contributed by atoms with Crippen LogP contribution in [0.3, 0.4) is 0 Å². The SMILES string of the molecule is NCc1nnc(CCc2ccc(Br)cc2)o1. The van der Waals surface area contributed by atoms with Crippen LogP contribution < -0.4 is 5.73 Å². The fourth-order valence-corrected chi connectivity index (χ4v) is 1.64. The van der Waals surface area contributed by atoms with Gasteiger partial charge < -0.3 is 10.2 Å². The smallest absolute Gasteiger partial charge is 0.230 e. The van der Waals surface area contributed by atoms with Crippen LogP contribution in [0, 0.1) is 0 Å². The fourth-order valence-electron chi connectivity index (χ4n) is 1.37. The Bertz CT molecular complexity index is 453. The molecule has 0 aliphatic carbocycles. The maximum atomic E-state index is 5.39. The van der Waals surface area contributed by atoms with Gasteiger partial charge in [0.1, 0.15) is 0 Å². The van der Waals surface area contributed by atoms with E-state index in [1.54, 1.807) is 0 Å². The molecule has 1 aromatic carbocycles. The van der Waals surface area contributed by atoms with Gasteiger partial charge in [0.05, 0.1) is 6.54 Å². The molecule has 0 fully saturated rings. The number of nitrogens with zero attached hydrogens (tertiary/aromatic N) is 2. The zero-order valence-corrected chi connectivity index (χ0v) is 10.3. The molecule has 1 heterocycles. The van der Waals surface area contributed by atoms with Gasteiger partial charge in [0.25, 0.3) is 0 Å². The van der Waals surface area contributed by atoms with Crippen LogP contribution >= 0.6 is 15.9 Å². The maximum absolute atomic E-state index is 5.39. The Morgan fingerprint density at radius 1 is 1.06 bits per heavy atom. The Labute approximate surface area is 102 Å². The van der Waals surface area contributed by atoms with Gasteiger partial charge in [-0.05, 0) is 24.1 Å². The lowest BCUT2D eigenvalue weighted by Crippen LogP contribution is -1.95. The standard InChI is InChI=1S/C11H12BrN3O/c12-9-4-1-8(2-5-9)3-6-10-14-15-11(7-13)16-10/h1-2,4-5H,3,6-7,13H2. The van der Waals surface area contributed by atoms with Gasteiger partial charge in [-0.1, -0.05) is 28.1 Å². The third-order valence-electron chi connectivity index (χ3n) is 2.22. The summed E-state index contributed by atoms with van der Waals surface area (Å²) >= 11 is 3.40. The minimum Gasteiger partial charge on any atom is -0.424 e. The van der Waals surface area contributed by atoms with Crippen LogP contribution in [0.2, 0.25) is 0 Å². The lowest BCUT2D eigenvalue weighted by Gasteiger charge is -1.98. The van der Waals surface area contributed by atoms with Crippen molar-refractivity contribution in [2.24, 2.45) is 5.73 Å². The summed E-state index contributed by atoms with van der Waals surface area (Å²) in [6, 6.07) is 8.19. The molecule has 0 spiro atoms. The summed E-state index contributed by atoms with van der Waals surface area (Å²) in [4.78, 5) is 0. The van der Waals surface area contributed by atoms with E-state index in [9.17, 15) is 0 Å². The first kappa shape index (κ1) is 11.3. The number of hydrogen-bond donors (Lipinski definition) is 1. The van der Waals surface area contributed by atoms with E-state index in [2.05, 4.69) is 38.3 Å². The fraction of sp³-hybridized carbons (Fsp3) is 0.273. The Morgan fingerprint density at radius 2 is 1.75 bits per heavy atom. The summed E-state index contributed by atoms with van der Waals surface area (Å²) in [5, 5.41) is 7.73. The largest absolute Gasteiger partial charge is 0.424 e. The van der Waals surface area contributed by atoms with Crippen molar-refractivity contribution in [3.05, 3.63) is 46.1 Å². The Morgan fingerprint density at radius 3 is 2.38 bits per heavy atom. The molecule has 0 saturated heterocycles. The molecule has 2 rings (SSSR count). The second-order valence-electron chi connectivity index (χ2n) is 3.42. The predicted octanol–water partition coefficient (Wildman–Crippen LogP) is 2.08. The number of aromatic nitrogens is 2. The van der Waals surface area contributed by atoms with Crippen molar-refractivity contribution in [2.75, 3.05) is 0 Å². The molecule has 0 aliphatic rings. The molecule has 5 heteroatoms. The number of benzene rings is 1.